The smallest absolute Gasteiger partial charge is 0.387 e. The number of para-hydroxylation sites is 1. The standard InChI is InChI=1S/C26H24F3N5O5/c1-37-14-19-20(8-15-4-2-3-5-21(15)39-25(28)29)34-12-17(18(27)9-23(34)32-19)16-10-30-26(31-11-16)33-6-7-38-22(13-33)24(35)36/h2-5,9-12,22,25H,6-8,13-14H2,1H3,(H,35,36)/t22-/m1/s1. The molecule has 13 heteroatoms. The molecule has 3 aromatic heterocycles. The molecule has 5 rings (SSSR count). The monoisotopic (exact) mass is 543 g/mol. The minimum atomic E-state index is -2.98. The van der Waals surface area contributed by atoms with Gasteiger partial charge in [0.05, 0.1) is 31.1 Å². The number of hydrogen-bond acceptors (Lipinski definition) is 8. The number of imidazole rings is 1. The Balaban J connectivity index is 1.50. The van der Waals surface area contributed by atoms with Gasteiger partial charge in [-0.1, -0.05) is 18.2 Å². The van der Waals surface area contributed by atoms with E-state index in [9.17, 15) is 18.7 Å². The summed E-state index contributed by atoms with van der Waals surface area (Å²) in [6, 6.07) is 7.71. The minimum absolute atomic E-state index is 0.0328. The summed E-state index contributed by atoms with van der Waals surface area (Å²) in [5.41, 5.74) is 2.53. The number of benzene rings is 1. The molecule has 0 amide bonds. The number of carbonyl (C=O) groups is 1. The Labute approximate surface area is 220 Å². The maximum Gasteiger partial charge on any atom is 0.387 e. The molecule has 1 aliphatic heterocycles. The molecule has 10 nitrogen and oxygen atoms in total. The van der Waals surface area contributed by atoms with Gasteiger partial charge in [0.1, 0.15) is 17.2 Å². The van der Waals surface area contributed by atoms with E-state index in [1.165, 1.54) is 31.6 Å². The second kappa shape index (κ2) is 11.3. The maximum atomic E-state index is 15.2. The summed E-state index contributed by atoms with van der Waals surface area (Å²) in [6.45, 7) is -2.14. The fourth-order valence-electron chi connectivity index (χ4n) is 4.46. The number of alkyl halides is 2. The number of carboxylic acids is 1. The molecule has 1 aromatic carbocycles. The van der Waals surface area contributed by atoms with Crippen molar-refractivity contribution >= 4 is 17.6 Å². The molecule has 0 bridgehead atoms. The topological polar surface area (TPSA) is 111 Å². The highest BCUT2D eigenvalue weighted by Gasteiger charge is 2.27. The molecule has 0 saturated carbocycles. The van der Waals surface area contributed by atoms with Gasteiger partial charge in [0.2, 0.25) is 5.95 Å². The molecular formula is C26H24F3N5O5. The number of rotatable bonds is 9. The Morgan fingerprint density at radius 3 is 2.74 bits per heavy atom. The van der Waals surface area contributed by atoms with Gasteiger partial charge >= 0.3 is 12.6 Å². The average molecular weight is 544 g/mol. The molecule has 0 spiro atoms. The summed E-state index contributed by atoms with van der Waals surface area (Å²) in [6.07, 6.45) is 3.65. The van der Waals surface area contributed by atoms with E-state index in [4.69, 9.17) is 9.47 Å². The first-order valence-electron chi connectivity index (χ1n) is 12.0. The number of ether oxygens (including phenoxy) is 3. The lowest BCUT2D eigenvalue weighted by molar-refractivity contribution is -0.150. The molecule has 1 N–H and O–H groups in total. The number of carboxylic acid groups (broad SMARTS) is 1. The summed E-state index contributed by atoms with van der Waals surface area (Å²) in [7, 11) is 1.50. The second-order valence-electron chi connectivity index (χ2n) is 8.78. The number of nitrogens with zero attached hydrogens (tertiary/aromatic N) is 5. The number of fused-ring (bicyclic) bond motifs is 1. The number of anilines is 1. The molecule has 204 valence electrons. The lowest BCUT2D eigenvalue weighted by Gasteiger charge is -2.30. The summed E-state index contributed by atoms with van der Waals surface area (Å²) in [5, 5.41) is 9.23. The Kier molecular flexibility index (Phi) is 7.61. The normalized spacial score (nSPS) is 15.7. The SMILES string of the molecule is COCc1nc2cc(F)c(-c3cnc(N4CCO[C@@H](C(=O)O)C4)nc3)cn2c1Cc1ccccc1OC(F)F. The van der Waals surface area contributed by atoms with Crippen LogP contribution >= 0.6 is 0 Å². The predicted molar refractivity (Wildman–Crippen MR) is 132 cm³/mol. The van der Waals surface area contributed by atoms with Crippen molar-refractivity contribution < 1.29 is 37.3 Å². The first-order chi connectivity index (χ1) is 18.8. The van der Waals surface area contributed by atoms with E-state index in [0.29, 0.717) is 40.7 Å². The van der Waals surface area contributed by atoms with Crippen molar-refractivity contribution in [2.24, 2.45) is 0 Å². The predicted octanol–water partition coefficient (Wildman–Crippen LogP) is 3.56. The van der Waals surface area contributed by atoms with E-state index >= 15 is 4.39 Å². The van der Waals surface area contributed by atoms with E-state index in [1.54, 1.807) is 33.7 Å². The van der Waals surface area contributed by atoms with Crippen LogP contribution in [-0.2, 0) is 27.3 Å². The van der Waals surface area contributed by atoms with Crippen molar-refractivity contribution in [3.05, 3.63) is 71.7 Å². The van der Waals surface area contributed by atoms with Gasteiger partial charge in [-0.3, -0.25) is 0 Å². The highest BCUT2D eigenvalue weighted by Crippen LogP contribution is 2.29. The van der Waals surface area contributed by atoms with Gasteiger partial charge in [-0.05, 0) is 6.07 Å². The number of morpholine rings is 1. The van der Waals surface area contributed by atoms with Crippen LogP contribution in [-0.4, -0.2) is 70.0 Å². The van der Waals surface area contributed by atoms with Gasteiger partial charge in [-0.25, -0.2) is 24.1 Å². The zero-order valence-corrected chi connectivity index (χ0v) is 20.8. The van der Waals surface area contributed by atoms with Gasteiger partial charge in [-0.15, -0.1) is 0 Å². The van der Waals surface area contributed by atoms with Crippen molar-refractivity contribution in [2.45, 2.75) is 25.7 Å². The van der Waals surface area contributed by atoms with Crippen LogP contribution in [0, 0.1) is 5.82 Å². The Hall–Kier alpha value is -4.23. The van der Waals surface area contributed by atoms with E-state index < -0.39 is 24.5 Å². The fourth-order valence-corrected chi connectivity index (χ4v) is 4.46. The first-order valence-corrected chi connectivity index (χ1v) is 12.0. The van der Waals surface area contributed by atoms with Crippen molar-refractivity contribution in [3.63, 3.8) is 0 Å². The van der Waals surface area contributed by atoms with E-state index in [2.05, 4.69) is 19.7 Å². The summed E-state index contributed by atoms with van der Waals surface area (Å²) >= 11 is 0. The molecule has 39 heavy (non-hydrogen) atoms. The number of pyridine rings is 1. The molecular weight excluding hydrogens is 519 g/mol. The molecule has 0 radical (unpaired) electrons. The summed E-state index contributed by atoms with van der Waals surface area (Å²) < 4.78 is 58.0. The lowest BCUT2D eigenvalue weighted by atomic mass is 10.1. The molecule has 0 unspecified atom stereocenters. The third-order valence-electron chi connectivity index (χ3n) is 6.29. The van der Waals surface area contributed by atoms with Gasteiger partial charge in [0.15, 0.2) is 6.10 Å². The molecule has 1 aliphatic rings. The fraction of sp³-hybridized carbons (Fsp3) is 0.308. The van der Waals surface area contributed by atoms with Gasteiger partial charge < -0.3 is 28.6 Å². The second-order valence-corrected chi connectivity index (χ2v) is 8.78. The van der Waals surface area contributed by atoms with Crippen LogP contribution < -0.4 is 9.64 Å². The number of aliphatic carboxylic acids is 1. The maximum absolute atomic E-state index is 15.2. The summed E-state index contributed by atoms with van der Waals surface area (Å²) in [4.78, 5) is 26.1. The highest BCUT2D eigenvalue weighted by molar-refractivity contribution is 5.73. The number of hydrogen-bond donors (Lipinski definition) is 1. The zero-order chi connectivity index (χ0) is 27.5. The van der Waals surface area contributed by atoms with Gasteiger partial charge in [-0.2, -0.15) is 8.78 Å². The molecule has 1 atom stereocenters. The van der Waals surface area contributed by atoms with Crippen LogP contribution in [0.2, 0.25) is 0 Å². The summed E-state index contributed by atoms with van der Waals surface area (Å²) in [5.74, 6) is -1.29. The van der Waals surface area contributed by atoms with Crippen LogP contribution in [0.1, 0.15) is 17.0 Å². The van der Waals surface area contributed by atoms with Crippen molar-refractivity contribution in [1.82, 2.24) is 19.4 Å². The third kappa shape index (κ3) is 5.64. The minimum Gasteiger partial charge on any atom is -0.479 e. The Morgan fingerprint density at radius 2 is 2.03 bits per heavy atom. The van der Waals surface area contributed by atoms with Crippen LogP contribution in [0.25, 0.3) is 16.8 Å². The lowest BCUT2D eigenvalue weighted by Crippen LogP contribution is -2.46. The Bertz CT molecular complexity index is 1480. The van der Waals surface area contributed by atoms with Crippen molar-refractivity contribution in [2.75, 3.05) is 31.7 Å². The van der Waals surface area contributed by atoms with Crippen molar-refractivity contribution in [3.8, 4) is 16.9 Å². The average Bonchev–Trinajstić information content (AvgIpc) is 3.24. The molecule has 1 fully saturated rings. The van der Waals surface area contributed by atoms with Crippen LogP contribution in [0.4, 0.5) is 19.1 Å². The quantitative estimate of drug-likeness (QED) is 0.339. The van der Waals surface area contributed by atoms with E-state index in [1.807, 2.05) is 0 Å². The van der Waals surface area contributed by atoms with Crippen LogP contribution in [0.15, 0.2) is 48.9 Å². The molecule has 4 aromatic rings. The number of aromatic nitrogens is 4. The van der Waals surface area contributed by atoms with E-state index in [0.717, 1.165) is 0 Å². The van der Waals surface area contributed by atoms with Gasteiger partial charge in [0.25, 0.3) is 0 Å². The largest absolute Gasteiger partial charge is 0.479 e. The first kappa shape index (κ1) is 26.4. The van der Waals surface area contributed by atoms with Crippen molar-refractivity contribution in [1.29, 1.82) is 0 Å². The zero-order valence-electron chi connectivity index (χ0n) is 20.8. The van der Waals surface area contributed by atoms with Gasteiger partial charge in [0, 0.05) is 61.4 Å². The molecule has 4 heterocycles. The number of halogens is 3. The number of methoxy groups -OCH3 is 1. The Morgan fingerprint density at radius 1 is 1.26 bits per heavy atom. The molecule has 1 saturated heterocycles. The van der Waals surface area contributed by atoms with Crippen LogP contribution in [0.3, 0.4) is 0 Å². The van der Waals surface area contributed by atoms with E-state index in [-0.39, 0.29) is 37.5 Å². The third-order valence-corrected chi connectivity index (χ3v) is 6.29. The molecule has 0 aliphatic carbocycles. The highest BCUT2D eigenvalue weighted by atomic mass is 19.3. The van der Waals surface area contributed by atoms with Crippen LogP contribution in [0.5, 0.6) is 5.75 Å².